The summed E-state index contributed by atoms with van der Waals surface area (Å²) in [6, 6.07) is 9.58. The topological polar surface area (TPSA) is 124 Å². The molecule has 0 aromatic carbocycles. The van der Waals surface area contributed by atoms with Crippen LogP contribution in [0.3, 0.4) is 0 Å². The Morgan fingerprint density at radius 2 is 1.36 bits per heavy atom. The monoisotopic (exact) mass is 530 g/mol. The van der Waals surface area contributed by atoms with Gasteiger partial charge in [0.2, 0.25) is 0 Å². The maximum Gasteiger partial charge on any atom is 2.00 e. The normalized spacial score (nSPS) is 20.4. The first-order valence-corrected chi connectivity index (χ1v) is 10.5. The second-order valence-electron chi connectivity index (χ2n) is 7.84. The van der Waals surface area contributed by atoms with Crippen molar-refractivity contribution in [3.63, 3.8) is 0 Å². The Hall–Kier alpha value is -1.48. The van der Waals surface area contributed by atoms with E-state index in [0.29, 0.717) is 12.1 Å². The van der Waals surface area contributed by atoms with E-state index in [-0.39, 0.29) is 37.4 Å². The zero-order valence-electron chi connectivity index (χ0n) is 19.7. The van der Waals surface area contributed by atoms with E-state index >= 15 is 0 Å². The van der Waals surface area contributed by atoms with E-state index in [1.807, 2.05) is 36.9 Å². The molecular formula is C23H35ClN4O4Zn. The largest absolute Gasteiger partial charge is 2.00 e. The van der Waals surface area contributed by atoms with Crippen molar-refractivity contribution in [1.82, 2.24) is 19.8 Å². The van der Waals surface area contributed by atoms with Crippen LogP contribution in [0, 0.1) is 0 Å². The second-order valence-corrected chi connectivity index (χ2v) is 7.84. The molecule has 3 unspecified atom stereocenters. The minimum atomic E-state index is -1.44. The van der Waals surface area contributed by atoms with Gasteiger partial charge in [0.1, 0.15) is 0 Å². The van der Waals surface area contributed by atoms with Crippen LogP contribution in [0.1, 0.15) is 55.8 Å². The van der Waals surface area contributed by atoms with Crippen LogP contribution in [0.4, 0.5) is 0 Å². The minimum absolute atomic E-state index is 0. The summed E-state index contributed by atoms with van der Waals surface area (Å²) in [5.41, 5.74) is 2.72. The van der Waals surface area contributed by atoms with E-state index in [1.54, 1.807) is 0 Å². The van der Waals surface area contributed by atoms with Crippen molar-refractivity contribution in [2.24, 2.45) is 0 Å². The summed E-state index contributed by atoms with van der Waals surface area (Å²) < 4.78 is 0. The van der Waals surface area contributed by atoms with Crippen LogP contribution in [0.25, 0.3) is 0 Å². The molecule has 33 heavy (non-hydrogen) atoms. The number of carbonyl (C=O) groups is 1. The molecule has 2 fully saturated rings. The molecule has 0 amide bonds. The Labute approximate surface area is 215 Å². The van der Waals surface area contributed by atoms with Gasteiger partial charge in [-0.25, -0.2) is 0 Å². The first kappa shape index (κ1) is 33.7. The average Bonchev–Trinajstić information content (AvgIpc) is 3.38. The number of likely N-dealkylation sites (tertiary alicyclic amines) is 2. The zero-order chi connectivity index (χ0) is 21.9. The number of rotatable bonds is 3. The van der Waals surface area contributed by atoms with Crippen molar-refractivity contribution < 1.29 is 52.4 Å². The molecule has 4 heterocycles. The molecule has 2 saturated heterocycles. The van der Waals surface area contributed by atoms with E-state index in [4.69, 9.17) is 5.11 Å². The van der Waals surface area contributed by atoms with Gasteiger partial charge >= 0.3 is 19.5 Å². The first-order chi connectivity index (χ1) is 14.4. The zero-order valence-corrected chi connectivity index (χ0v) is 23.5. The molecule has 2 aromatic heterocycles. The van der Waals surface area contributed by atoms with Crippen LogP contribution >= 0.6 is 0 Å². The molecule has 180 valence electrons. The van der Waals surface area contributed by atoms with Crippen molar-refractivity contribution in [3.05, 3.63) is 60.2 Å². The Morgan fingerprint density at radius 3 is 1.58 bits per heavy atom. The number of carboxylic acid groups (broad SMARTS) is 1. The first-order valence-electron chi connectivity index (χ1n) is 10.5. The molecule has 3 atom stereocenters. The summed E-state index contributed by atoms with van der Waals surface area (Å²) in [6.45, 7) is 3.58. The summed E-state index contributed by atoms with van der Waals surface area (Å²) in [5.74, 6) is -1.44. The van der Waals surface area contributed by atoms with Crippen molar-refractivity contribution in [3.8, 4) is 0 Å². The third-order valence-corrected chi connectivity index (χ3v) is 5.52. The summed E-state index contributed by atoms with van der Waals surface area (Å²) >= 11 is 0. The number of aliphatic hydroxyl groups excluding tert-OH is 1. The van der Waals surface area contributed by atoms with E-state index in [0.717, 1.165) is 6.92 Å². The quantitative estimate of drug-likeness (QED) is 0.454. The van der Waals surface area contributed by atoms with Gasteiger partial charge in [-0.2, -0.15) is 0 Å². The Kier molecular flexibility index (Phi) is 18.3. The molecule has 2 aliphatic heterocycles. The second kappa shape index (κ2) is 17.9. The summed E-state index contributed by atoms with van der Waals surface area (Å²) in [6.07, 6.45) is 11.5. The van der Waals surface area contributed by atoms with E-state index < -0.39 is 12.1 Å². The molecule has 0 bridgehead atoms. The average molecular weight is 532 g/mol. The smallest absolute Gasteiger partial charge is 1.00 e. The molecule has 0 radical (unpaired) electrons. The molecule has 0 aliphatic carbocycles. The molecular weight excluding hydrogens is 497 g/mol. The number of halogens is 1. The van der Waals surface area contributed by atoms with Crippen molar-refractivity contribution in [1.29, 1.82) is 0 Å². The fourth-order valence-electron chi connectivity index (χ4n) is 3.81. The number of nitrogens with zero attached hydrogens (tertiary/aromatic N) is 4. The summed E-state index contributed by atoms with van der Waals surface area (Å²) in [4.78, 5) is 22.4. The van der Waals surface area contributed by atoms with Crippen molar-refractivity contribution in [2.45, 2.75) is 50.8 Å². The summed E-state index contributed by atoms with van der Waals surface area (Å²) in [7, 11) is 4.37. The van der Waals surface area contributed by atoms with E-state index in [1.165, 1.54) is 49.9 Å². The van der Waals surface area contributed by atoms with Gasteiger partial charge in [-0.3, -0.25) is 19.8 Å². The number of aromatic nitrogens is 2. The number of hydrogen-bond acceptors (Lipinski definition) is 7. The van der Waals surface area contributed by atoms with Crippen LogP contribution in [0.5, 0.6) is 0 Å². The molecule has 4 rings (SSSR count). The van der Waals surface area contributed by atoms with Gasteiger partial charge in [0.25, 0.3) is 0 Å². The van der Waals surface area contributed by atoms with E-state index in [2.05, 4.69) is 46.0 Å². The number of hydrogen-bond donors (Lipinski definition) is 1. The molecule has 8 nitrogen and oxygen atoms in total. The molecule has 0 saturated carbocycles. The van der Waals surface area contributed by atoms with Crippen LogP contribution in [0.2, 0.25) is 0 Å². The number of carbonyl (C=O) groups excluding carboxylic acids is 1. The van der Waals surface area contributed by atoms with Gasteiger partial charge in [-0.1, -0.05) is 12.1 Å². The molecule has 10 heteroatoms. The van der Waals surface area contributed by atoms with Gasteiger partial charge < -0.3 is 32.9 Å². The van der Waals surface area contributed by atoms with Crippen LogP contribution < -0.4 is 17.5 Å². The predicted molar refractivity (Wildman–Crippen MR) is 118 cm³/mol. The fourth-order valence-corrected chi connectivity index (χ4v) is 3.81. The maximum atomic E-state index is 9.34. The Morgan fingerprint density at radius 1 is 1.00 bits per heavy atom. The maximum absolute atomic E-state index is 9.34. The number of aliphatic carboxylic acids is 1. The van der Waals surface area contributed by atoms with Crippen LogP contribution in [-0.2, 0) is 24.3 Å². The minimum Gasteiger partial charge on any atom is -1.00 e. The third kappa shape index (κ3) is 11.5. The van der Waals surface area contributed by atoms with Crippen LogP contribution in [0.15, 0.2) is 49.1 Å². The number of carboxylic acids is 1. The SMILES string of the molecule is CC(O)C(=O)[O-].CN1CCCC1c1cccnc1.CN1CCCC1c1cccnc1.O.[Cl-].[Zn+2]. The molecule has 2 aliphatic rings. The Bertz CT molecular complexity index is 703. The predicted octanol–water partition coefficient (Wildman–Crippen LogP) is -2.01. The number of pyridine rings is 2. The van der Waals surface area contributed by atoms with E-state index in [9.17, 15) is 9.90 Å². The summed E-state index contributed by atoms with van der Waals surface area (Å²) in [5, 5.41) is 17.3. The van der Waals surface area contributed by atoms with Gasteiger partial charge in [0.15, 0.2) is 0 Å². The van der Waals surface area contributed by atoms with Crippen molar-refractivity contribution in [2.75, 3.05) is 27.2 Å². The third-order valence-electron chi connectivity index (χ3n) is 5.52. The fraction of sp³-hybridized carbons (Fsp3) is 0.522. The van der Waals surface area contributed by atoms with Gasteiger partial charge in [0.05, 0.1) is 12.1 Å². The molecule has 0 spiro atoms. The number of aliphatic hydroxyl groups is 1. The van der Waals surface area contributed by atoms with Crippen molar-refractivity contribution >= 4 is 5.97 Å². The van der Waals surface area contributed by atoms with Gasteiger partial charge in [-0.05, 0) is 83.1 Å². The Balaban J connectivity index is 0. The molecule has 3 N–H and O–H groups in total. The van der Waals surface area contributed by atoms with Gasteiger partial charge in [0, 0.05) is 36.9 Å². The molecule has 2 aromatic rings. The van der Waals surface area contributed by atoms with Gasteiger partial charge in [-0.15, -0.1) is 0 Å². The standard InChI is InChI=1S/2C10H14N2.C3H6O3.ClH.H2O.Zn/c2*1-12-7-3-5-10(12)9-4-2-6-11-8-9;1-2(4)3(5)6;;;/h2*2,4,6,8,10H,3,5,7H2,1H3;2,4H,1H3,(H,5,6);1H;1H2;/q;;;;;+2/p-2. The van der Waals surface area contributed by atoms with Crippen LogP contribution in [-0.4, -0.2) is 69.6 Å².